The van der Waals surface area contributed by atoms with Crippen LogP contribution in [0, 0.1) is 0 Å². The summed E-state index contributed by atoms with van der Waals surface area (Å²) >= 11 is 0. The first kappa shape index (κ1) is 14.6. The summed E-state index contributed by atoms with van der Waals surface area (Å²) < 4.78 is 6.28. The van der Waals surface area contributed by atoms with Gasteiger partial charge < -0.3 is 10.1 Å². The summed E-state index contributed by atoms with van der Waals surface area (Å²) in [5.41, 5.74) is 2.49. The molecule has 0 spiro atoms. The monoisotopic (exact) mass is 269 g/mol. The number of hydrogen-bond acceptors (Lipinski definition) is 2. The Balaban J connectivity index is 2.19. The van der Waals surface area contributed by atoms with Crippen molar-refractivity contribution < 1.29 is 4.74 Å². The Bertz CT molecular complexity index is 510. The maximum atomic E-state index is 6.28. The molecule has 0 bridgehead atoms. The second-order valence-electron chi connectivity index (χ2n) is 4.87. The van der Waals surface area contributed by atoms with Gasteiger partial charge in [0.05, 0.1) is 0 Å². The number of nitrogens with one attached hydrogen (secondary N) is 1. The smallest absolute Gasteiger partial charge is 0.125 e. The minimum Gasteiger partial charge on any atom is -0.485 e. The third kappa shape index (κ3) is 3.84. The van der Waals surface area contributed by atoms with E-state index < -0.39 is 0 Å². The molecule has 106 valence electrons. The fourth-order valence-corrected chi connectivity index (χ4v) is 2.30. The molecule has 0 saturated heterocycles. The van der Waals surface area contributed by atoms with E-state index in [1.165, 1.54) is 11.1 Å². The maximum Gasteiger partial charge on any atom is 0.125 e. The first-order chi connectivity index (χ1) is 9.85. The predicted molar refractivity (Wildman–Crippen MR) is 84.2 cm³/mol. The predicted octanol–water partition coefficient (Wildman–Crippen LogP) is 3.98. The van der Waals surface area contributed by atoms with Crippen LogP contribution in [0.4, 0.5) is 0 Å². The second-order valence-corrected chi connectivity index (χ2v) is 4.87. The Labute approximate surface area is 121 Å². The molecule has 0 aliphatic rings. The Morgan fingerprint density at radius 3 is 2.40 bits per heavy atom. The number of rotatable bonds is 7. The van der Waals surface area contributed by atoms with Crippen LogP contribution in [-0.2, 0) is 6.42 Å². The quantitative estimate of drug-likeness (QED) is 0.821. The number of ether oxygens (including phenoxy) is 1. The van der Waals surface area contributed by atoms with Crippen molar-refractivity contribution in [1.29, 1.82) is 0 Å². The lowest BCUT2D eigenvalue weighted by molar-refractivity contribution is 0.193. The molecule has 0 fully saturated rings. The molecule has 1 N–H and O–H groups in total. The highest BCUT2D eigenvalue weighted by Crippen LogP contribution is 2.27. The molecule has 0 heterocycles. The molecule has 0 amide bonds. The minimum absolute atomic E-state index is 0.0938. The van der Waals surface area contributed by atoms with Crippen LogP contribution in [0.15, 0.2) is 54.6 Å². The average molecular weight is 269 g/mol. The van der Waals surface area contributed by atoms with Crippen LogP contribution < -0.4 is 10.1 Å². The number of hydrogen-bond donors (Lipinski definition) is 1. The zero-order valence-corrected chi connectivity index (χ0v) is 12.3. The molecule has 2 heteroatoms. The highest BCUT2D eigenvalue weighted by atomic mass is 16.5. The maximum absolute atomic E-state index is 6.28. The van der Waals surface area contributed by atoms with Gasteiger partial charge in [0.1, 0.15) is 11.9 Å². The zero-order chi connectivity index (χ0) is 14.2. The van der Waals surface area contributed by atoms with Gasteiger partial charge in [-0.25, -0.2) is 0 Å². The van der Waals surface area contributed by atoms with Gasteiger partial charge in [0.15, 0.2) is 0 Å². The van der Waals surface area contributed by atoms with Gasteiger partial charge in [-0.15, -0.1) is 0 Å². The Kier molecular flexibility index (Phi) is 5.63. The highest BCUT2D eigenvalue weighted by molar-refractivity contribution is 5.34. The van der Waals surface area contributed by atoms with Crippen molar-refractivity contribution in [1.82, 2.24) is 5.32 Å². The van der Waals surface area contributed by atoms with Crippen LogP contribution >= 0.6 is 0 Å². The molecule has 0 saturated carbocycles. The summed E-state index contributed by atoms with van der Waals surface area (Å²) in [6.45, 7) is 3.10. The standard InChI is InChI=1S/C18H23NO/c1-3-15-9-7-8-12-17(15)20-18(13-14-19-2)16-10-5-4-6-11-16/h4-12,18-19H,3,13-14H2,1-2H3. The summed E-state index contributed by atoms with van der Waals surface area (Å²) in [4.78, 5) is 0. The third-order valence-corrected chi connectivity index (χ3v) is 3.45. The molecule has 20 heavy (non-hydrogen) atoms. The van der Waals surface area contributed by atoms with E-state index in [4.69, 9.17) is 4.74 Å². The van der Waals surface area contributed by atoms with Crippen molar-refractivity contribution in [2.45, 2.75) is 25.9 Å². The molecule has 0 aromatic heterocycles. The molecule has 1 unspecified atom stereocenters. The second kappa shape index (κ2) is 7.71. The van der Waals surface area contributed by atoms with E-state index >= 15 is 0 Å². The molecular weight excluding hydrogens is 246 g/mol. The molecule has 2 rings (SSSR count). The van der Waals surface area contributed by atoms with E-state index in [0.29, 0.717) is 0 Å². The van der Waals surface area contributed by atoms with E-state index in [2.05, 4.69) is 54.7 Å². The molecule has 2 aromatic rings. The van der Waals surface area contributed by atoms with Gasteiger partial charge in [0.2, 0.25) is 0 Å². The zero-order valence-electron chi connectivity index (χ0n) is 12.3. The van der Waals surface area contributed by atoms with Gasteiger partial charge in [0, 0.05) is 6.42 Å². The van der Waals surface area contributed by atoms with Crippen LogP contribution in [0.3, 0.4) is 0 Å². The molecule has 0 radical (unpaired) electrons. The van der Waals surface area contributed by atoms with E-state index in [0.717, 1.165) is 25.1 Å². The van der Waals surface area contributed by atoms with E-state index in [1.54, 1.807) is 0 Å². The molecule has 0 aliphatic carbocycles. The van der Waals surface area contributed by atoms with Crippen molar-refractivity contribution in [2.75, 3.05) is 13.6 Å². The van der Waals surface area contributed by atoms with E-state index in [9.17, 15) is 0 Å². The molecular formula is C18H23NO. The Morgan fingerprint density at radius 1 is 1.00 bits per heavy atom. The molecule has 2 aromatic carbocycles. The topological polar surface area (TPSA) is 21.3 Å². The van der Waals surface area contributed by atoms with Gasteiger partial charge in [-0.05, 0) is 37.2 Å². The normalized spacial score (nSPS) is 12.1. The number of para-hydroxylation sites is 1. The lowest BCUT2D eigenvalue weighted by atomic mass is 10.1. The average Bonchev–Trinajstić information content (AvgIpc) is 2.52. The molecule has 2 nitrogen and oxygen atoms in total. The van der Waals surface area contributed by atoms with Crippen LogP contribution in [0.5, 0.6) is 5.75 Å². The van der Waals surface area contributed by atoms with Gasteiger partial charge in [-0.2, -0.15) is 0 Å². The van der Waals surface area contributed by atoms with Gasteiger partial charge in [-0.1, -0.05) is 55.5 Å². The Morgan fingerprint density at radius 2 is 1.70 bits per heavy atom. The number of aryl methyl sites for hydroxylation is 1. The van der Waals surface area contributed by atoms with Crippen molar-refractivity contribution in [3.05, 3.63) is 65.7 Å². The van der Waals surface area contributed by atoms with E-state index in [-0.39, 0.29) is 6.10 Å². The van der Waals surface area contributed by atoms with Crippen LogP contribution in [0.25, 0.3) is 0 Å². The minimum atomic E-state index is 0.0938. The number of benzene rings is 2. The van der Waals surface area contributed by atoms with Gasteiger partial charge in [0.25, 0.3) is 0 Å². The third-order valence-electron chi connectivity index (χ3n) is 3.45. The first-order valence-corrected chi connectivity index (χ1v) is 7.29. The fourth-order valence-electron chi connectivity index (χ4n) is 2.30. The van der Waals surface area contributed by atoms with Crippen molar-refractivity contribution in [3.8, 4) is 5.75 Å². The highest BCUT2D eigenvalue weighted by Gasteiger charge is 2.14. The van der Waals surface area contributed by atoms with Gasteiger partial charge >= 0.3 is 0 Å². The van der Waals surface area contributed by atoms with Crippen molar-refractivity contribution >= 4 is 0 Å². The lowest BCUT2D eigenvalue weighted by Crippen LogP contribution is -2.16. The SMILES string of the molecule is CCc1ccccc1OC(CCNC)c1ccccc1. The van der Waals surface area contributed by atoms with E-state index in [1.807, 2.05) is 19.2 Å². The summed E-state index contributed by atoms with van der Waals surface area (Å²) in [5, 5.41) is 3.20. The summed E-state index contributed by atoms with van der Waals surface area (Å²) in [5.74, 6) is 1.000. The van der Waals surface area contributed by atoms with Crippen LogP contribution in [0.2, 0.25) is 0 Å². The fraction of sp³-hybridized carbons (Fsp3) is 0.333. The summed E-state index contributed by atoms with van der Waals surface area (Å²) in [6, 6.07) is 18.7. The van der Waals surface area contributed by atoms with Gasteiger partial charge in [-0.3, -0.25) is 0 Å². The van der Waals surface area contributed by atoms with Crippen molar-refractivity contribution in [3.63, 3.8) is 0 Å². The summed E-state index contributed by atoms with van der Waals surface area (Å²) in [6.07, 6.45) is 2.04. The Hall–Kier alpha value is -1.80. The van der Waals surface area contributed by atoms with Crippen LogP contribution in [0.1, 0.15) is 30.6 Å². The van der Waals surface area contributed by atoms with Crippen molar-refractivity contribution in [2.24, 2.45) is 0 Å². The molecule has 1 atom stereocenters. The largest absolute Gasteiger partial charge is 0.485 e. The molecule has 0 aliphatic heterocycles. The lowest BCUT2D eigenvalue weighted by Gasteiger charge is -2.21. The van der Waals surface area contributed by atoms with Crippen LogP contribution in [-0.4, -0.2) is 13.6 Å². The first-order valence-electron chi connectivity index (χ1n) is 7.29. The summed E-state index contributed by atoms with van der Waals surface area (Å²) in [7, 11) is 1.97.